The Morgan fingerprint density at radius 1 is 0.500 bits per heavy atom. The quantitative estimate of drug-likeness (QED) is 0.107. The predicted molar refractivity (Wildman–Crippen MR) is 153 cm³/mol. The summed E-state index contributed by atoms with van der Waals surface area (Å²) in [6.07, 6.45) is 15.1. The van der Waals surface area contributed by atoms with E-state index in [2.05, 4.69) is 75.4 Å². The molecule has 0 saturated heterocycles. The number of rotatable bonds is 11. The monoisotopic (exact) mass is 448 g/mol. The van der Waals surface area contributed by atoms with Crippen molar-refractivity contribution in [1.29, 1.82) is 0 Å². The molecule has 176 valence electrons. The number of hydrogen-bond acceptors (Lipinski definition) is 0. The van der Waals surface area contributed by atoms with Crippen molar-refractivity contribution >= 4 is 43.1 Å². The fourth-order valence-electron chi connectivity index (χ4n) is 6.35. The molecule has 34 heavy (non-hydrogen) atoms. The summed E-state index contributed by atoms with van der Waals surface area (Å²) in [5, 5.41) is 11.5. The molecule has 0 heteroatoms. The molecule has 0 heterocycles. The average Bonchev–Trinajstić information content (AvgIpc) is 2.85. The van der Waals surface area contributed by atoms with Gasteiger partial charge >= 0.3 is 0 Å². The Hall–Kier alpha value is -2.60. The molecular formula is C34H40. The summed E-state index contributed by atoms with van der Waals surface area (Å²) < 4.78 is 0. The van der Waals surface area contributed by atoms with Crippen molar-refractivity contribution in [2.24, 2.45) is 0 Å². The Kier molecular flexibility index (Phi) is 7.05. The van der Waals surface area contributed by atoms with Crippen molar-refractivity contribution in [1.82, 2.24) is 0 Å². The van der Waals surface area contributed by atoms with Gasteiger partial charge in [-0.2, -0.15) is 0 Å². The lowest BCUT2D eigenvalue weighted by molar-refractivity contribution is 0.556. The first-order chi connectivity index (χ1) is 16.7. The van der Waals surface area contributed by atoms with E-state index >= 15 is 0 Å². The highest BCUT2D eigenvalue weighted by molar-refractivity contribution is 6.34. The van der Waals surface area contributed by atoms with E-state index in [1.807, 2.05) is 0 Å². The molecule has 0 aliphatic heterocycles. The SMILES string of the molecule is CCCCCCCCCCCCc1cc(C)c2c(C)ccc3c4cccc5cccc(c1c23)c54. The van der Waals surface area contributed by atoms with Crippen molar-refractivity contribution in [3.8, 4) is 0 Å². The number of hydrogen-bond donors (Lipinski definition) is 0. The zero-order chi connectivity index (χ0) is 23.5. The summed E-state index contributed by atoms with van der Waals surface area (Å²) in [7, 11) is 0. The first-order valence-corrected chi connectivity index (χ1v) is 13.8. The lowest BCUT2D eigenvalue weighted by atomic mass is 9.84. The third kappa shape index (κ3) is 4.28. The number of benzene rings is 5. The highest BCUT2D eigenvalue weighted by Crippen LogP contribution is 2.43. The molecule has 0 atom stereocenters. The van der Waals surface area contributed by atoms with Crippen molar-refractivity contribution in [3.63, 3.8) is 0 Å². The molecular weight excluding hydrogens is 408 g/mol. The van der Waals surface area contributed by atoms with Crippen LogP contribution < -0.4 is 0 Å². The van der Waals surface area contributed by atoms with Crippen LogP contribution in [-0.4, -0.2) is 0 Å². The smallest absolute Gasteiger partial charge is 0.00183 e. The summed E-state index contributed by atoms with van der Waals surface area (Å²) >= 11 is 0. The molecule has 5 aromatic rings. The minimum absolute atomic E-state index is 1.19. The Balaban J connectivity index is 1.44. The van der Waals surface area contributed by atoms with E-state index in [0.29, 0.717) is 0 Å². The summed E-state index contributed by atoms with van der Waals surface area (Å²) in [4.78, 5) is 0. The third-order valence-corrected chi connectivity index (χ3v) is 8.03. The highest BCUT2D eigenvalue weighted by atomic mass is 14.2. The first kappa shape index (κ1) is 23.2. The first-order valence-electron chi connectivity index (χ1n) is 13.8. The molecule has 0 bridgehead atoms. The van der Waals surface area contributed by atoms with Crippen LogP contribution in [-0.2, 0) is 6.42 Å². The van der Waals surface area contributed by atoms with Crippen molar-refractivity contribution in [2.45, 2.75) is 91.4 Å². The van der Waals surface area contributed by atoms with Crippen LogP contribution in [0.1, 0.15) is 87.8 Å². The lowest BCUT2D eigenvalue weighted by Crippen LogP contribution is -1.96. The van der Waals surface area contributed by atoms with E-state index in [9.17, 15) is 0 Å². The molecule has 0 aromatic heterocycles. The summed E-state index contributed by atoms with van der Waals surface area (Å²) in [5.74, 6) is 0. The minimum atomic E-state index is 1.19. The van der Waals surface area contributed by atoms with Gasteiger partial charge in [-0.1, -0.05) is 119 Å². The Labute approximate surface area is 205 Å². The van der Waals surface area contributed by atoms with Crippen molar-refractivity contribution < 1.29 is 0 Å². The number of unbranched alkanes of at least 4 members (excludes halogenated alkanes) is 9. The van der Waals surface area contributed by atoms with Crippen LogP contribution in [0.2, 0.25) is 0 Å². The van der Waals surface area contributed by atoms with E-state index in [0.717, 1.165) is 0 Å². The van der Waals surface area contributed by atoms with Gasteiger partial charge in [0, 0.05) is 0 Å². The van der Waals surface area contributed by atoms with Crippen molar-refractivity contribution in [3.05, 3.63) is 71.3 Å². The van der Waals surface area contributed by atoms with Crippen LogP contribution >= 0.6 is 0 Å². The molecule has 5 rings (SSSR count). The Morgan fingerprint density at radius 3 is 1.82 bits per heavy atom. The Morgan fingerprint density at radius 2 is 1.12 bits per heavy atom. The van der Waals surface area contributed by atoms with Gasteiger partial charge < -0.3 is 0 Å². The van der Waals surface area contributed by atoms with Crippen LogP contribution in [0.25, 0.3) is 43.1 Å². The van der Waals surface area contributed by atoms with Gasteiger partial charge in [0.2, 0.25) is 0 Å². The number of fused-ring (bicyclic) bond motifs is 2. The van der Waals surface area contributed by atoms with Gasteiger partial charge in [0.05, 0.1) is 0 Å². The molecule has 0 amide bonds. The topological polar surface area (TPSA) is 0 Å². The maximum atomic E-state index is 2.51. The molecule has 0 aliphatic rings. The second-order valence-electron chi connectivity index (χ2n) is 10.5. The largest absolute Gasteiger partial charge is 0.0654 e. The van der Waals surface area contributed by atoms with E-state index in [1.165, 1.54) is 125 Å². The Bertz CT molecular complexity index is 1400. The van der Waals surface area contributed by atoms with Gasteiger partial charge in [-0.3, -0.25) is 0 Å². The van der Waals surface area contributed by atoms with Gasteiger partial charge in [-0.15, -0.1) is 0 Å². The van der Waals surface area contributed by atoms with Crippen LogP contribution in [0, 0.1) is 13.8 Å². The maximum absolute atomic E-state index is 2.51. The number of aryl methyl sites for hydroxylation is 3. The zero-order valence-electron chi connectivity index (χ0n) is 21.5. The van der Waals surface area contributed by atoms with Gasteiger partial charge in [0.15, 0.2) is 0 Å². The maximum Gasteiger partial charge on any atom is -0.00183 e. The molecule has 0 fully saturated rings. The van der Waals surface area contributed by atoms with Crippen LogP contribution in [0.4, 0.5) is 0 Å². The molecule has 0 nitrogen and oxygen atoms in total. The second-order valence-corrected chi connectivity index (χ2v) is 10.5. The molecule has 0 saturated carbocycles. The van der Waals surface area contributed by atoms with Crippen LogP contribution in [0.15, 0.2) is 54.6 Å². The molecule has 0 radical (unpaired) electrons. The standard InChI is InChI=1S/C34H40/c1-4-5-6-7-8-9-10-11-12-13-16-27-23-25(3)31-24(2)21-22-29-28-19-14-17-26-18-15-20-30(32(26)28)33(27)34(29)31/h14-15,17-23H,4-13,16H2,1-3H3. The van der Waals surface area contributed by atoms with E-state index in [-0.39, 0.29) is 0 Å². The molecule has 0 unspecified atom stereocenters. The van der Waals surface area contributed by atoms with E-state index in [1.54, 1.807) is 5.56 Å². The highest BCUT2D eigenvalue weighted by Gasteiger charge is 2.17. The third-order valence-electron chi connectivity index (χ3n) is 8.03. The fourth-order valence-corrected chi connectivity index (χ4v) is 6.35. The predicted octanol–water partition coefficient (Wildman–Crippen LogP) is 10.8. The summed E-state index contributed by atoms with van der Waals surface area (Å²) in [6.45, 7) is 6.89. The van der Waals surface area contributed by atoms with Crippen LogP contribution in [0.3, 0.4) is 0 Å². The molecule has 5 aromatic carbocycles. The van der Waals surface area contributed by atoms with E-state index in [4.69, 9.17) is 0 Å². The molecule has 0 N–H and O–H groups in total. The second kappa shape index (κ2) is 10.3. The molecule has 0 aliphatic carbocycles. The van der Waals surface area contributed by atoms with Crippen molar-refractivity contribution in [2.75, 3.05) is 0 Å². The lowest BCUT2D eigenvalue weighted by Gasteiger charge is -2.20. The van der Waals surface area contributed by atoms with Gasteiger partial charge in [-0.05, 0) is 86.5 Å². The fraction of sp³-hybridized carbons (Fsp3) is 0.412. The van der Waals surface area contributed by atoms with E-state index < -0.39 is 0 Å². The normalized spacial score (nSPS) is 12.1. The molecule has 0 spiro atoms. The van der Waals surface area contributed by atoms with Gasteiger partial charge in [0.1, 0.15) is 0 Å². The minimum Gasteiger partial charge on any atom is -0.0654 e. The van der Waals surface area contributed by atoms with Gasteiger partial charge in [0.25, 0.3) is 0 Å². The van der Waals surface area contributed by atoms with Gasteiger partial charge in [-0.25, -0.2) is 0 Å². The zero-order valence-corrected chi connectivity index (χ0v) is 21.5. The summed E-state index contributed by atoms with van der Waals surface area (Å²) in [6, 6.07) is 20.9. The average molecular weight is 449 g/mol. The van der Waals surface area contributed by atoms with Crippen LogP contribution in [0.5, 0.6) is 0 Å². The summed E-state index contributed by atoms with van der Waals surface area (Å²) in [5.41, 5.74) is 4.39.